The van der Waals surface area contributed by atoms with Crippen LogP contribution in [0.1, 0.15) is 35.9 Å². The highest BCUT2D eigenvalue weighted by Crippen LogP contribution is 2.16. The second-order valence-electron chi connectivity index (χ2n) is 4.11. The molecule has 18 heavy (non-hydrogen) atoms. The van der Waals surface area contributed by atoms with Gasteiger partial charge in [-0.3, -0.25) is 0 Å². The van der Waals surface area contributed by atoms with Crippen LogP contribution in [0.5, 0.6) is 0 Å². The van der Waals surface area contributed by atoms with Crippen LogP contribution in [-0.2, 0) is 11.2 Å². The number of rotatable bonds is 5. The molecule has 2 aromatic rings. The number of nitrogens with zero attached hydrogens (tertiary/aromatic N) is 2. The molecule has 1 atom stereocenters. The third-order valence-electron chi connectivity index (χ3n) is 2.71. The molecule has 4 nitrogen and oxygen atoms in total. The van der Waals surface area contributed by atoms with Crippen molar-refractivity contribution in [1.82, 2.24) is 9.55 Å². The van der Waals surface area contributed by atoms with Gasteiger partial charge in [-0.05, 0) is 42.7 Å². The van der Waals surface area contributed by atoms with Crippen molar-refractivity contribution in [3.05, 3.63) is 40.6 Å². The Hall–Kier alpha value is -1.62. The van der Waals surface area contributed by atoms with Gasteiger partial charge in [0.15, 0.2) is 5.69 Å². The summed E-state index contributed by atoms with van der Waals surface area (Å²) in [6, 6.07) is 2.39. The standard InChI is InChI=1S/C13H16N2O2S/c1-3-17-13(16)12-7-15(9-14-12)10(2)6-11-4-5-18-8-11/h4-5,7-10H,3,6H2,1-2H3. The Morgan fingerprint density at radius 1 is 1.61 bits per heavy atom. The van der Waals surface area contributed by atoms with Gasteiger partial charge in [0.25, 0.3) is 0 Å². The lowest BCUT2D eigenvalue weighted by Gasteiger charge is -2.11. The summed E-state index contributed by atoms with van der Waals surface area (Å²) in [6.45, 7) is 4.26. The number of hydrogen-bond acceptors (Lipinski definition) is 4. The van der Waals surface area contributed by atoms with E-state index < -0.39 is 0 Å². The summed E-state index contributed by atoms with van der Waals surface area (Å²) in [7, 11) is 0. The van der Waals surface area contributed by atoms with E-state index >= 15 is 0 Å². The van der Waals surface area contributed by atoms with Gasteiger partial charge in [-0.1, -0.05) is 0 Å². The van der Waals surface area contributed by atoms with Gasteiger partial charge in [0.05, 0.1) is 12.9 Å². The minimum atomic E-state index is -0.362. The first-order chi connectivity index (χ1) is 8.70. The zero-order chi connectivity index (χ0) is 13.0. The predicted molar refractivity (Wildman–Crippen MR) is 70.9 cm³/mol. The van der Waals surface area contributed by atoms with Gasteiger partial charge in [-0.2, -0.15) is 11.3 Å². The molecular weight excluding hydrogens is 248 g/mol. The monoisotopic (exact) mass is 264 g/mol. The Labute approximate surface area is 110 Å². The van der Waals surface area contributed by atoms with Crippen molar-refractivity contribution in [3.63, 3.8) is 0 Å². The molecule has 0 aromatic carbocycles. The highest BCUT2D eigenvalue weighted by Gasteiger charge is 2.13. The molecule has 0 spiro atoms. The molecule has 0 bridgehead atoms. The molecule has 0 fully saturated rings. The quantitative estimate of drug-likeness (QED) is 0.780. The van der Waals surface area contributed by atoms with E-state index in [1.807, 2.05) is 4.57 Å². The SMILES string of the molecule is CCOC(=O)c1cn(C(C)Cc2ccsc2)cn1. The zero-order valence-electron chi connectivity index (χ0n) is 10.5. The Kier molecular flexibility index (Phi) is 4.15. The fraction of sp³-hybridized carbons (Fsp3) is 0.385. The maximum absolute atomic E-state index is 11.5. The number of thiophene rings is 1. The molecule has 96 valence electrons. The molecule has 5 heteroatoms. The van der Waals surface area contributed by atoms with Crippen LogP contribution in [0.15, 0.2) is 29.4 Å². The molecule has 0 amide bonds. The van der Waals surface area contributed by atoms with Gasteiger partial charge in [0.1, 0.15) is 0 Å². The highest BCUT2D eigenvalue weighted by atomic mass is 32.1. The number of aromatic nitrogens is 2. The Morgan fingerprint density at radius 2 is 2.44 bits per heavy atom. The molecule has 0 aliphatic carbocycles. The number of ether oxygens (including phenoxy) is 1. The van der Waals surface area contributed by atoms with E-state index in [1.54, 1.807) is 30.8 Å². The number of esters is 1. The maximum Gasteiger partial charge on any atom is 0.358 e. The molecule has 1 unspecified atom stereocenters. The highest BCUT2D eigenvalue weighted by molar-refractivity contribution is 7.07. The fourth-order valence-electron chi connectivity index (χ4n) is 1.74. The molecule has 0 saturated carbocycles. The molecular formula is C13H16N2O2S. The van der Waals surface area contributed by atoms with E-state index in [1.165, 1.54) is 5.56 Å². The molecule has 0 N–H and O–H groups in total. The minimum absolute atomic E-state index is 0.273. The van der Waals surface area contributed by atoms with Crippen LogP contribution in [0, 0.1) is 0 Å². The van der Waals surface area contributed by atoms with Crippen molar-refractivity contribution in [2.45, 2.75) is 26.3 Å². The molecule has 0 aliphatic rings. The van der Waals surface area contributed by atoms with Crippen LogP contribution in [0.2, 0.25) is 0 Å². The number of imidazole rings is 1. The lowest BCUT2D eigenvalue weighted by Crippen LogP contribution is -2.07. The van der Waals surface area contributed by atoms with Gasteiger partial charge in [-0.15, -0.1) is 0 Å². The van der Waals surface area contributed by atoms with Crippen molar-refractivity contribution < 1.29 is 9.53 Å². The summed E-state index contributed by atoms with van der Waals surface area (Å²) in [5, 5.41) is 4.21. The van der Waals surface area contributed by atoms with Crippen LogP contribution in [0.4, 0.5) is 0 Å². The third-order valence-corrected chi connectivity index (χ3v) is 3.44. The zero-order valence-corrected chi connectivity index (χ0v) is 11.3. The van der Waals surface area contributed by atoms with Gasteiger partial charge < -0.3 is 9.30 Å². The number of carbonyl (C=O) groups excluding carboxylic acids is 1. The van der Waals surface area contributed by atoms with E-state index in [0.29, 0.717) is 12.3 Å². The summed E-state index contributed by atoms with van der Waals surface area (Å²) in [4.78, 5) is 15.6. The lowest BCUT2D eigenvalue weighted by molar-refractivity contribution is 0.0520. The normalized spacial score (nSPS) is 12.3. The maximum atomic E-state index is 11.5. The van der Waals surface area contributed by atoms with Gasteiger partial charge in [0.2, 0.25) is 0 Å². The Morgan fingerprint density at radius 3 is 3.11 bits per heavy atom. The number of hydrogen-bond donors (Lipinski definition) is 0. The second kappa shape index (κ2) is 5.82. The van der Waals surface area contributed by atoms with Crippen molar-refractivity contribution >= 4 is 17.3 Å². The second-order valence-corrected chi connectivity index (χ2v) is 4.89. The average molecular weight is 264 g/mol. The molecule has 2 rings (SSSR count). The van der Waals surface area contributed by atoms with E-state index in [0.717, 1.165) is 6.42 Å². The fourth-order valence-corrected chi connectivity index (χ4v) is 2.43. The van der Waals surface area contributed by atoms with E-state index in [-0.39, 0.29) is 12.0 Å². The first-order valence-corrected chi connectivity index (χ1v) is 6.86. The van der Waals surface area contributed by atoms with E-state index in [4.69, 9.17) is 4.74 Å². The summed E-state index contributed by atoms with van der Waals surface area (Å²) >= 11 is 1.69. The van der Waals surface area contributed by atoms with Crippen LogP contribution in [0.3, 0.4) is 0 Å². The van der Waals surface area contributed by atoms with Crippen LogP contribution in [0.25, 0.3) is 0 Å². The summed E-state index contributed by atoms with van der Waals surface area (Å²) < 4.78 is 6.86. The van der Waals surface area contributed by atoms with Gasteiger partial charge in [-0.25, -0.2) is 9.78 Å². The van der Waals surface area contributed by atoms with Crippen molar-refractivity contribution in [2.75, 3.05) is 6.61 Å². The third kappa shape index (κ3) is 2.98. The minimum Gasteiger partial charge on any atom is -0.461 e. The topological polar surface area (TPSA) is 44.1 Å². The largest absolute Gasteiger partial charge is 0.461 e. The smallest absolute Gasteiger partial charge is 0.358 e. The van der Waals surface area contributed by atoms with Crippen LogP contribution in [-0.4, -0.2) is 22.1 Å². The van der Waals surface area contributed by atoms with Crippen LogP contribution < -0.4 is 0 Å². The first-order valence-electron chi connectivity index (χ1n) is 5.92. The molecule has 0 radical (unpaired) electrons. The van der Waals surface area contributed by atoms with Crippen molar-refractivity contribution in [1.29, 1.82) is 0 Å². The van der Waals surface area contributed by atoms with Crippen molar-refractivity contribution in [3.8, 4) is 0 Å². The molecule has 0 aliphatic heterocycles. The van der Waals surface area contributed by atoms with Crippen molar-refractivity contribution in [2.24, 2.45) is 0 Å². The number of carbonyl (C=O) groups is 1. The first kappa shape index (κ1) is 12.8. The molecule has 0 saturated heterocycles. The van der Waals surface area contributed by atoms with Crippen LogP contribution >= 0.6 is 11.3 Å². The van der Waals surface area contributed by atoms with Gasteiger partial charge >= 0.3 is 5.97 Å². The Balaban J connectivity index is 2.03. The summed E-state index contributed by atoms with van der Waals surface area (Å²) in [5.41, 5.74) is 1.67. The molecule has 2 aromatic heterocycles. The van der Waals surface area contributed by atoms with E-state index in [9.17, 15) is 4.79 Å². The predicted octanol–water partition coefficient (Wildman–Crippen LogP) is 2.93. The Bertz CT molecular complexity index is 505. The summed E-state index contributed by atoms with van der Waals surface area (Å²) in [6.07, 6.45) is 4.36. The van der Waals surface area contributed by atoms with E-state index in [2.05, 4.69) is 28.7 Å². The molecule has 2 heterocycles. The summed E-state index contributed by atoms with van der Waals surface area (Å²) in [5.74, 6) is -0.362. The lowest BCUT2D eigenvalue weighted by atomic mass is 10.1. The van der Waals surface area contributed by atoms with Gasteiger partial charge in [0, 0.05) is 12.2 Å². The average Bonchev–Trinajstić information content (AvgIpc) is 2.99.